The maximum Gasteiger partial charge on any atom is 0.167 e. The van der Waals surface area contributed by atoms with Crippen molar-refractivity contribution in [2.45, 2.75) is 31.5 Å². The summed E-state index contributed by atoms with van der Waals surface area (Å²) in [7, 11) is 0. The standard InChI is InChI=1S/C15H21N5O5/c1-8(4-21)2-3-16-13-10-14(18-6-17-13)20(7-19-10)15-12(24)11(23)9(5-22)25-15/h2,6-7,9,11-12,15,21-24H,3-5H2,1H3,(H,16,17,18)/b8-2+/t9-,11?,12?,15-/m1/s1. The van der Waals surface area contributed by atoms with Crippen LogP contribution < -0.4 is 5.32 Å². The van der Waals surface area contributed by atoms with Gasteiger partial charge in [0.15, 0.2) is 23.2 Å². The van der Waals surface area contributed by atoms with Crippen LogP contribution in [0.2, 0.25) is 0 Å². The zero-order chi connectivity index (χ0) is 18.0. The van der Waals surface area contributed by atoms with Gasteiger partial charge in [0.2, 0.25) is 0 Å². The molecule has 3 rings (SSSR count). The number of aromatic nitrogens is 4. The molecule has 25 heavy (non-hydrogen) atoms. The van der Waals surface area contributed by atoms with E-state index in [2.05, 4.69) is 20.3 Å². The van der Waals surface area contributed by atoms with E-state index in [1.54, 1.807) is 0 Å². The number of aliphatic hydroxyl groups is 4. The highest BCUT2D eigenvalue weighted by molar-refractivity contribution is 5.82. The minimum absolute atomic E-state index is 0.0131. The van der Waals surface area contributed by atoms with Crippen molar-refractivity contribution in [2.75, 3.05) is 25.1 Å². The normalized spacial score (nSPS) is 27.2. The average Bonchev–Trinajstić information content (AvgIpc) is 3.17. The lowest BCUT2D eigenvalue weighted by atomic mass is 10.1. The molecule has 136 valence electrons. The van der Waals surface area contributed by atoms with Gasteiger partial charge in [-0.2, -0.15) is 0 Å². The highest BCUT2D eigenvalue weighted by Crippen LogP contribution is 2.31. The van der Waals surface area contributed by atoms with Crippen LogP contribution in [-0.4, -0.2) is 78.0 Å². The van der Waals surface area contributed by atoms with E-state index in [0.29, 0.717) is 23.5 Å². The average molecular weight is 351 g/mol. The largest absolute Gasteiger partial charge is 0.394 e. The number of anilines is 1. The molecule has 0 amide bonds. The molecule has 5 N–H and O–H groups in total. The predicted molar refractivity (Wildman–Crippen MR) is 87.7 cm³/mol. The molecule has 0 spiro atoms. The fourth-order valence-corrected chi connectivity index (χ4v) is 2.66. The van der Waals surface area contributed by atoms with Gasteiger partial charge in [0.05, 0.1) is 19.5 Å². The lowest BCUT2D eigenvalue weighted by molar-refractivity contribution is -0.0511. The number of nitrogens with zero attached hydrogens (tertiary/aromatic N) is 4. The Morgan fingerprint density at radius 3 is 2.76 bits per heavy atom. The zero-order valence-electron chi connectivity index (χ0n) is 13.6. The number of ether oxygens (including phenoxy) is 1. The fourth-order valence-electron chi connectivity index (χ4n) is 2.66. The molecule has 2 aromatic rings. The first-order valence-electron chi connectivity index (χ1n) is 7.87. The molecule has 0 aromatic carbocycles. The van der Waals surface area contributed by atoms with Gasteiger partial charge in [0.25, 0.3) is 0 Å². The second-order valence-electron chi connectivity index (χ2n) is 5.86. The lowest BCUT2D eigenvalue weighted by Gasteiger charge is -2.16. The molecule has 1 fully saturated rings. The van der Waals surface area contributed by atoms with Crippen LogP contribution in [0.15, 0.2) is 24.3 Å². The van der Waals surface area contributed by atoms with Crippen molar-refractivity contribution < 1.29 is 25.2 Å². The van der Waals surface area contributed by atoms with Gasteiger partial charge in [-0.15, -0.1) is 0 Å². The summed E-state index contributed by atoms with van der Waals surface area (Å²) < 4.78 is 7.01. The summed E-state index contributed by atoms with van der Waals surface area (Å²) in [6.07, 6.45) is 0.443. The van der Waals surface area contributed by atoms with E-state index in [-0.39, 0.29) is 6.61 Å². The Bertz CT molecular complexity index is 764. The molecule has 4 atom stereocenters. The van der Waals surface area contributed by atoms with Gasteiger partial charge < -0.3 is 30.5 Å². The Morgan fingerprint density at radius 1 is 1.28 bits per heavy atom. The molecule has 1 aliphatic rings. The van der Waals surface area contributed by atoms with Gasteiger partial charge in [-0.05, 0) is 6.92 Å². The summed E-state index contributed by atoms with van der Waals surface area (Å²) in [5.41, 5.74) is 1.74. The molecule has 10 nitrogen and oxygen atoms in total. The fraction of sp³-hybridized carbons (Fsp3) is 0.533. The summed E-state index contributed by atoms with van der Waals surface area (Å²) in [6.45, 7) is 1.85. The van der Waals surface area contributed by atoms with Crippen molar-refractivity contribution in [1.29, 1.82) is 0 Å². The molecule has 2 aromatic heterocycles. The molecule has 3 heterocycles. The lowest BCUT2D eigenvalue weighted by Crippen LogP contribution is -2.33. The highest BCUT2D eigenvalue weighted by Gasteiger charge is 2.44. The van der Waals surface area contributed by atoms with Gasteiger partial charge in [-0.25, -0.2) is 15.0 Å². The second-order valence-corrected chi connectivity index (χ2v) is 5.86. The topological polar surface area (TPSA) is 146 Å². The SMILES string of the molecule is C/C(=C\CNc1ncnc2c1ncn2[C@@H]1O[C@H](CO)C(O)C1O)CO. The minimum atomic E-state index is -1.21. The number of hydrogen-bond acceptors (Lipinski definition) is 9. The van der Waals surface area contributed by atoms with E-state index in [4.69, 9.17) is 9.84 Å². The Labute approximate surface area is 143 Å². The third-order valence-electron chi connectivity index (χ3n) is 4.12. The van der Waals surface area contributed by atoms with E-state index in [1.807, 2.05) is 13.0 Å². The summed E-state index contributed by atoms with van der Waals surface area (Å²) in [5, 5.41) is 41.4. The van der Waals surface area contributed by atoms with E-state index >= 15 is 0 Å². The summed E-state index contributed by atoms with van der Waals surface area (Å²) in [5.74, 6) is 0.498. The first-order chi connectivity index (χ1) is 12.1. The Hall–Kier alpha value is -2.11. The van der Waals surface area contributed by atoms with Crippen molar-refractivity contribution in [3.63, 3.8) is 0 Å². The molecular weight excluding hydrogens is 330 g/mol. The molecule has 0 radical (unpaired) electrons. The number of rotatable bonds is 6. The Balaban J connectivity index is 1.86. The zero-order valence-corrected chi connectivity index (χ0v) is 13.6. The van der Waals surface area contributed by atoms with E-state index in [1.165, 1.54) is 17.2 Å². The van der Waals surface area contributed by atoms with Gasteiger partial charge in [0, 0.05) is 6.54 Å². The first-order valence-corrected chi connectivity index (χ1v) is 7.87. The van der Waals surface area contributed by atoms with Crippen LogP contribution >= 0.6 is 0 Å². The van der Waals surface area contributed by atoms with Crippen molar-refractivity contribution in [3.8, 4) is 0 Å². The molecule has 1 aliphatic heterocycles. The monoisotopic (exact) mass is 351 g/mol. The van der Waals surface area contributed by atoms with Crippen LogP contribution in [0.5, 0.6) is 0 Å². The molecule has 2 unspecified atom stereocenters. The van der Waals surface area contributed by atoms with Crippen LogP contribution in [-0.2, 0) is 4.74 Å². The maximum absolute atomic E-state index is 10.2. The van der Waals surface area contributed by atoms with Crippen LogP contribution in [0.3, 0.4) is 0 Å². The maximum atomic E-state index is 10.2. The smallest absolute Gasteiger partial charge is 0.167 e. The summed E-state index contributed by atoms with van der Waals surface area (Å²) in [4.78, 5) is 12.6. The van der Waals surface area contributed by atoms with Gasteiger partial charge in [0.1, 0.15) is 24.6 Å². The molecular formula is C15H21N5O5. The summed E-state index contributed by atoms with van der Waals surface area (Å²) >= 11 is 0. The number of nitrogens with one attached hydrogen (secondary N) is 1. The van der Waals surface area contributed by atoms with Crippen LogP contribution in [0, 0.1) is 0 Å². The third-order valence-corrected chi connectivity index (χ3v) is 4.12. The van der Waals surface area contributed by atoms with Gasteiger partial charge in [-0.3, -0.25) is 4.57 Å². The Kier molecular flexibility index (Phi) is 5.25. The van der Waals surface area contributed by atoms with Crippen molar-refractivity contribution in [1.82, 2.24) is 19.5 Å². The molecule has 1 saturated heterocycles. The number of hydrogen-bond donors (Lipinski definition) is 5. The number of imidazole rings is 1. The molecule has 10 heteroatoms. The molecule has 0 bridgehead atoms. The second kappa shape index (κ2) is 7.42. The predicted octanol–water partition coefficient (Wildman–Crippen LogP) is -1.21. The van der Waals surface area contributed by atoms with Gasteiger partial charge >= 0.3 is 0 Å². The van der Waals surface area contributed by atoms with Crippen molar-refractivity contribution >= 4 is 17.0 Å². The van der Waals surface area contributed by atoms with E-state index < -0.39 is 31.1 Å². The van der Waals surface area contributed by atoms with Crippen molar-refractivity contribution in [2.24, 2.45) is 0 Å². The van der Waals surface area contributed by atoms with Crippen molar-refractivity contribution in [3.05, 3.63) is 24.3 Å². The van der Waals surface area contributed by atoms with Crippen LogP contribution in [0.25, 0.3) is 11.2 Å². The minimum Gasteiger partial charge on any atom is -0.394 e. The van der Waals surface area contributed by atoms with Crippen LogP contribution in [0.4, 0.5) is 5.82 Å². The quantitative estimate of drug-likeness (QED) is 0.404. The van der Waals surface area contributed by atoms with E-state index in [9.17, 15) is 15.3 Å². The number of aliphatic hydroxyl groups excluding tert-OH is 4. The summed E-state index contributed by atoms with van der Waals surface area (Å²) in [6, 6.07) is 0. The highest BCUT2D eigenvalue weighted by atomic mass is 16.6. The van der Waals surface area contributed by atoms with E-state index in [0.717, 1.165) is 5.57 Å². The molecule has 0 aliphatic carbocycles. The molecule has 0 saturated carbocycles. The first kappa shape index (κ1) is 17.7. The third kappa shape index (κ3) is 3.34. The van der Waals surface area contributed by atoms with Gasteiger partial charge in [-0.1, -0.05) is 11.6 Å². The Morgan fingerprint density at radius 2 is 2.08 bits per heavy atom. The number of fused-ring (bicyclic) bond motifs is 1. The van der Waals surface area contributed by atoms with Crippen LogP contribution in [0.1, 0.15) is 13.2 Å².